The molecule has 1 N–H and O–H groups in total. The highest BCUT2D eigenvalue weighted by Gasteiger charge is 2.19. The SMILES string of the molecule is CNc1cc(Oc2ccccc2C(C)(C)C)nc(SC)n1. The van der Waals surface area contributed by atoms with Gasteiger partial charge in [0, 0.05) is 18.7 Å². The minimum atomic E-state index is 0.0117. The molecule has 0 saturated carbocycles. The maximum atomic E-state index is 6.02. The van der Waals surface area contributed by atoms with Gasteiger partial charge in [0.05, 0.1) is 0 Å². The van der Waals surface area contributed by atoms with Crippen molar-refractivity contribution in [2.75, 3.05) is 18.6 Å². The fourth-order valence-corrected chi connectivity index (χ4v) is 2.33. The zero-order valence-corrected chi connectivity index (χ0v) is 13.9. The van der Waals surface area contributed by atoms with Gasteiger partial charge in [-0.1, -0.05) is 50.7 Å². The van der Waals surface area contributed by atoms with Gasteiger partial charge in [0.1, 0.15) is 11.6 Å². The summed E-state index contributed by atoms with van der Waals surface area (Å²) in [4.78, 5) is 8.75. The van der Waals surface area contributed by atoms with Gasteiger partial charge >= 0.3 is 0 Å². The number of para-hydroxylation sites is 1. The van der Waals surface area contributed by atoms with Crippen LogP contribution in [-0.4, -0.2) is 23.3 Å². The third-order valence-corrected chi connectivity index (χ3v) is 3.58. The second-order valence-electron chi connectivity index (χ2n) is 5.68. The van der Waals surface area contributed by atoms with E-state index in [2.05, 4.69) is 42.1 Å². The Morgan fingerprint density at radius 2 is 1.86 bits per heavy atom. The molecule has 0 aliphatic carbocycles. The van der Waals surface area contributed by atoms with Crippen molar-refractivity contribution in [2.45, 2.75) is 31.3 Å². The van der Waals surface area contributed by atoms with Gasteiger partial charge in [-0.15, -0.1) is 0 Å². The average molecular weight is 303 g/mol. The van der Waals surface area contributed by atoms with E-state index in [0.717, 1.165) is 17.1 Å². The van der Waals surface area contributed by atoms with Crippen LogP contribution in [0.4, 0.5) is 5.82 Å². The first kappa shape index (κ1) is 15.6. The van der Waals surface area contributed by atoms with E-state index in [4.69, 9.17) is 4.74 Å². The van der Waals surface area contributed by atoms with E-state index in [1.807, 2.05) is 31.5 Å². The van der Waals surface area contributed by atoms with Crippen LogP contribution in [-0.2, 0) is 5.41 Å². The quantitative estimate of drug-likeness (QED) is 0.673. The number of nitrogens with zero attached hydrogens (tertiary/aromatic N) is 2. The molecule has 1 aromatic carbocycles. The van der Waals surface area contributed by atoms with Gasteiger partial charge in [-0.25, -0.2) is 4.98 Å². The Kier molecular flexibility index (Phi) is 4.73. The summed E-state index contributed by atoms with van der Waals surface area (Å²) in [5.74, 6) is 2.13. The van der Waals surface area contributed by atoms with Crippen LogP contribution in [0.1, 0.15) is 26.3 Å². The maximum absolute atomic E-state index is 6.02. The maximum Gasteiger partial charge on any atom is 0.225 e. The molecule has 0 spiro atoms. The Balaban J connectivity index is 2.39. The molecule has 5 heteroatoms. The van der Waals surface area contributed by atoms with Crippen LogP contribution in [0.15, 0.2) is 35.5 Å². The number of rotatable bonds is 4. The zero-order valence-electron chi connectivity index (χ0n) is 13.1. The molecule has 2 aromatic rings. The lowest BCUT2D eigenvalue weighted by molar-refractivity contribution is 0.434. The first-order chi connectivity index (χ1) is 9.94. The van der Waals surface area contributed by atoms with E-state index in [-0.39, 0.29) is 5.41 Å². The molecule has 0 fully saturated rings. The fraction of sp³-hybridized carbons (Fsp3) is 0.375. The standard InChI is InChI=1S/C16H21N3OS/c1-16(2,3)11-8-6-7-9-12(11)20-14-10-13(17-4)18-15(19-14)21-5/h6-10H,1-5H3,(H,17,18,19). The Bertz CT molecular complexity index is 601. The number of anilines is 1. The lowest BCUT2D eigenvalue weighted by Gasteiger charge is -2.22. The molecule has 0 aliphatic heterocycles. The van der Waals surface area contributed by atoms with Crippen LogP contribution < -0.4 is 10.1 Å². The first-order valence-corrected chi connectivity index (χ1v) is 8.04. The van der Waals surface area contributed by atoms with Crippen LogP contribution in [0.3, 0.4) is 0 Å². The number of ether oxygens (including phenoxy) is 1. The van der Waals surface area contributed by atoms with Crippen molar-refractivity contribution < 1.29 is 4.74 Å². The molecular weight excluding hydrogens is 282 g/mol. The van der Waals surface area contributed by atoms with E-state index >= 15 is 0 Å². The number of nitrogens with one attached hydrogen (secondary N) is 1. The van der Waals surface area contributed by atoms with E-state index in [1.54, 1.807) is 6.07 Å². The molecule has 1 aromatic heterocycles. The summed E-state index contributed by atoms with van der Waals surface area (Å²) < 4.78 is 6.02. The van der Waals surface area contributed by atoms with Gasteiger partial charge in [-0.3, -0.25) is 0 Å². The van der Waals surface area contributed by atoms with Crippen molar-refractivity contribution in [3.05, 3.63) is 35.9 Å². The highest BCUT2D eigenvalue weighted by Crippen LogP contribution is 2.34. The van der Waals surface area contributed by atoms with Gasteiger partial charge in [0.15, 0.2) is 5.16 Å². The molecular formula is C16H21N3OS. The largest absolute Gasteiger partial charge is 0.439 e. The number of hydrogen-bond donors (Lipinski definition) is 1. The Morgan fingerprint density at radius 3 is 2.48 bits per heavy atom. The summed E-state index contributed by atoms with van der Waals surface area (Å²) in [5, 5.41) is 3.71. The fourth-order valence-electron chi connectivity index (χ4n) is 1.96. The van der Waals surface area contributed by atoms with Crippen molar-refractivity contribution in [1.82, 2.24) is 9.97 Å². The predicted molar refractivity (Wildman–Crippen MR) is 88.6 cm³/mol. The van der Waals surface area contributed by atoms with Crippen molar-refractivity contribution in [1.29, 1.82) is 0 Å². The monoisotopic (exact) mass is 303 g/mol. The van der Waals surface area contributed by atoms with Crippen molar-refractivity contribution in [3.63, 3.8) is 0 Å². The van der Waals surface area contributed by atoms with Crippen molar-refractivity contribution in [3.8, 4) is 11.6 Å². The lowest BCUT2D eigenvalue weighted by Crippen LogP contribution is -2.12. The van der Waals surface area contributed by atoms with Gasteiger partial charge in [0.25, 0.3) is 0 Å². The summed E-state index contributed by atoms with van der Waals surface area (Å²) in [6.07, 6.45) is 1.95. The van der Waals surface area contributed by atoms with Crippen LogP contribution in [0.25, 0.3) is 0 Å². The number of hydrogen-bond acceptors (Lipinski definition) is 5. The van der Waals surface area contributed by atoms with Crippen LogP contribution >= 0.6 is 11.8 Å². The number of thioether (sulfide) groups is 1. The molecule has 2 rings (SSSR count). The molecule has 0 bridgehead atoms. The van der Waals surface area contributed by atoms with Gasteiger partial charge < -0.3 is 10.1 Å². The summed E-state index contributed by atoms with van der Waals surface area (Å²) in [6, 6.07) is 9.87. The zero-order chi connectivity index (χ0) is 15.5. The van der Waals surface area contributed by atoms with Crippen LogP contribution in [0.2, 0.25) is 0 Å². The molecule has 4 nitrogen and oxygen atoms in total. The predicted octanol–water partition coefficient (Wildman–Crippen LogP) is 4.33. The third kappa shape index (κ3) is 3.88. The summed E-state index contributed by atoms with van der Waals surface area (Å²) in [5.41, 5.74) is 1.16. The molecule has 0 aliphatic rings. The highest BCUT2D eigenvalue weighted by atomic mass is 32.2. The van der Waals surface area contributed by atoms with Crippen molar-refractivity contribution >= 4 is 17.6 Å². The van der Waals surface area contributed by atoms with Crippen LogP contribution in [0.5, 0.6) is 11.6 Å². The summed E-state index contributed by atoms with van der Waals surface area (Å²) in [6.45, 7) is 6.50. The van der Waals surface area contributed by atoms with Gasteiger partial charge in [-0.05, 0) is 17.7 Å². The van der Waals surface area contributed by atoms with E-state index in [9.17, 15) is 0 Å². The second-order valence-corrected chi connectivity index (χ2v) is 6.45. The molecule has 0 unspecified atom stereocenters. The molecule has 21 heavy (non-hydrogen) atoms. The average Bonchev–Trinajstić information content (AvgIpc) is 2.46. The van der Waals surface area contributed by atoms with Gasteiger partial charge in [0.2, 0.25) is 5.88 Å². The minimum Gasteiger partial charge on any atom is -0.439 e. The first-order valence-electron chi connectivity index (χ1n) is 6.82. The molecule has 112 valence electrons. The molecule has 0 saturated heterocycles. The van der Waals surface area contributed by atoms with Crippen LogP contribution in [0, 0.1) is 0 Å². The van der Waals surface area contributed by atoms with E-state index < -0.39 is 0 Å². The number of benzene rings is 1. The molecule has 0 atom stereocenters. The second kappa shape index (κ2) is 6.35. The lowest BCUT2D eigenvalue weighted by atomic mass is 9.86. The highest BCUT2D eigenvalue weighted by molar-refractivity contribution is 7.98. The normalized spacial score (nSPS) is 11.3. The summed E-state index contributed by atoms with van der Waals surface area (Å²) >= 11 is 1.49. The molecule has 1 heterocycles. The van der Waals surface area contributed by atoms with Crippen molar-refractivity contribution in [2.24, 2.45) is 0 Å². The van der Waals surface area contributed by atoms with E-state index in [0.29, 0.717) is 11.0 Å². The molecule has 0 amide bonds. The topological polar surface area (TPSA) is 47.0 Å². The number of aromatic nitrogens is 2. The minimum absolute atomic E-state index is 0.0117. The Labute approximate surface area is 130 Å². The summed E-state index contributed by atoms with van der Waals surface area (Å²) in [7, 11) is 1.83. The van der Waals surface area contributed by atoms with Gasteiger partial charge in [-0.2, -0.15) is 4.98 Å². The Morgan fingerprint density at radius 1 is 1.14 bits per heavy atom. The third-order valence-electron chi connectivity index (χ3n) is 3.03. The Hall–Kier alpha value is -1.75. The van der Waals surface area contributed by atoms with E-state index in [1.165, 1.54) is 11.8 Å². The smallest absolute Gasteiger partial charge is 0.225 e. The molecule has 0 radical (unpaired) electrons.